The Morgan fingerprint density at radius 2 is 1.89 bits per heavy atom. The summed E-state index contributed by atoms with van der Waals surface area (Å²) in [5.74, 6) is -2.43. The van der Waals surface area contributed by atoms with Crippen LogP contribution in [0.25, 0.3) is 11.1 Å². The van der Waals surface area contributed by atoms with Gasteiger partial charge in [-0.1, -0.05) is 6.07 Å². The van der Waals surface area contributed by atoms with Crippen molar-refractivity contribution in [2.45, 2.75) is 25.9 Å². The molecule has 1 atom stereocenters. The minimum absolute atomic E-state index is 0.0653. The van der Waals surface area contributed by atoms with Gasteiger partial charge in [0.1, 0.15) is 18.5 Å². The second-order valence-electron chi connectivity index (χ2n) is 8.93. The van der Waals surface area contributed by atoms with E-state index in [0.29, 0.717) is 22.5 Å². The quantitative estimate of drug-likeness (QED) is 0.432. The van der Waals surface area contributed by atoms with E-state index in [1.54, 1.807) is 48.2 Å². The molecule has 0 radical (unpaired) electrons. The molecule has 0 aliphatic carbocycles. The third-order valence-electron chi connectivity index (χ3n) is 6.42. The van der Waals surface area contributed by atoms with Crippen molar-refractivity contribution in [2.24, 2.45) is 0 Å². The molecular weight excluding hydrogens is 468 g/mol. The van der Waals surface area contributed by atoms with Crippen LogP contribution in [0.15, 0.2) is 48.7 Å². The first-order chi connectivity index (χ1) is 17.2. The first kappa shape index (κ1) is 23.5. The molecule has 1 aromatic carbocycles. The molecule has 0 spiro atoms. The Hall–Kier alpha value is -4.21. The van der Waals surface area contributed by atoms with E-state index in [-0.39, 0.29) is 35.9 Å². The fourth-order valence-corrected chi connectivity index (χ4v) is 4.46. The first-order valence-corrected chi connectivity index (χ1v) is 11.5. The Morgan fingerprint density at radius 3 is 2.56 bits per heavy atom. The van der Waals surface area contributed by atoms with Gasteiger partial charge in [0.05, 0.1) is 36.0 Å². The molecule has 2 aliphatic rings. The lowest BCUT2D eigenvalue weighted by Gasteiger charge is -2.36. The average molecular weight is 491 g/mol. The molecule has 0 unspecified atom stereocenters. The Labute approximate surface area is 206 Å². The Balaban J connectivity index is 1.53. The molecule has 36 heavy (non-hydrogen) atoms. The Morgan fingerprint density at radius 1 is 1.17 bits per heavy atom. The summed E-state index contributed by atoms with van der Waals surface area (Å²) >= 11 is 0. The van der Waals surface area contributed by atoms with Crippen LogP contribution in [0.1, 0.15) is 35.8 Å². The number of anilines is 3. The number of pyridine rings is 2. The molecule has 3 aromatic rings. The summed E-state index contributed by atoms with van der Waals surface area (Å²) < 4.78 is 29.0. The van der Waals surface area contributed by atoms with E-state index in [4.69, 9.17) is 0 Å². The number of aromatic nitrogens is 2. The van der Waals surface area contributed by atoms with Gasteiger partial charge >= 0.3 is 0 Å². The highest BCUT2D eigenvalue weighted by Crippen LogP contribution is 2.43. The minimum atomic E-state index is -1.03. The number of carbonyl (C=O) groups is 3. The Kier molecular flexibility index (Phi) is 5.95. The second-order valence-corrected chi connectivity index (χ2v) is 8.93. The van der Waals surface area contributed by atoms with Crippen molar-refractivity contribution < 1.29 is 23.2 Å². The smallest absolute Gasteiger partial charge is 0.244 e. The SMILES string of the molecule is CC(=O)c1ccc(NC(=O)CN2C(=O)[C@H](C)c3ncccc3-c3c2cc(N2CC(F)C2)nc3F)cc1. The van der Waals surface area contributed by atoms with E-state index in [1.165, 1.54) is 24.1 Å². The highest BCUT2D eigenvalue weighted by Gasteiger charge is 2.37. The highest BCUT2D eigenvalue weighted by molar-refractivity contribution is 6.09. The summed E-state index contributed by atoms with van der Waals surface area (Å²) in [6, 6.07) is 11.2. The zero-order chi connectivity index (χ0) is 25.6. The van der Waals surface area contributed by atoms with E-state index >= 15 is 4.39 Å². The molecule has 0 saturated carbocycles. The molecule has 1 N–H and O–H groups in total. The maximum atomic E-state index is 15.5. The Bertz CT molecular complexity index is 1370. The van der Waals surface area contributed by atoms with Crippen LogP contribution in [0.5, 0.6) is 0 Å². The molecule has 0 bridgehead atoms. The van der Waals surface area contributed by atoms with Crippen molar-refractivity contribution in [3.05, 3.63) is 65.9 Å². The van der Waals surface area contributed by atoms with Gasteiger partial charge in [-0.3, -0.25) is 19.4 Å². The summed E-state index contributed by atoms with van der Waals surface area (Å²) in [6.07, 6.45) is 0.493. The van der Waals surface area contributed by atoms with Gasteiger partial charge in [0.2, 0.25) is 17.8 Å². The summed E-state index contributed by atoms with van der Waals surface area (Å²) in [6.45, 7) is 2.85. The van der Waals surface area contributed by atoms with E-state index < -0.39 is 36.4 Å². The van der Waals surface area contributed by atoms with E-state index in [2.05, 4.69) is 15.3 Å². The number of ketones is 1. The van der Waals surface area contributed by atoms with Gasteiger partial charge in [0.15, 0.2) is 5.78 Å². The number of nitrogens with zero attached hydrogens (tertiary/aromatic N) is 4. The minimum Gasteiger partial charge on any atom is -0.350 e. The fraction of sp³-hybridized carbons (Fsp3) is 0.269. The lowest BCUT2D eigenvalue weighted by molar-refractivity contribution is -0.122. The van der Waals surface area contributed by atoms with Crippen molar-refractivity contribution in [3.8, 4) is 11.1 Å². The van der Waals surface area contributed by atoms with E-state index in [0.717, 1.165) is 0 Å². The number of alkyl halides is 1. The lowest BCUT2D eigenvalue weighted by Crippen LogP contribution is -2.49. The number of amides is 2. The van der Waals surface area contributed by atoms with Crippen LogP contribution in [0, 0.1) is 5.95 Å². The van der Waals surface area contributed by atoms with Gasteiger partial charge in [-0.15, -0.1) is 0 Å². The topological polar surface area (TPSA) is 95.5 Å². The molecule has 2 aromatic heterocycles. The summed E-state index contributed by atoms with van der Waals surface area (Å²) in [4.78, 5) is 49.2. The lowest BCUT2D eigenvalue weighted by atomic mass is 9.98. The van der Waals surface area contributed by atoms with Gasteiger partial charge in [-0.2, -0.15) is 4.39 Å². The van der Waals surface area contributed by atoms with Crippen LogP contribution >= 0.6 is 0 Å². The highest BCUT2D eigenvalue weighted by atomic mass is 19.1. The number of hydrogen-bond donors (Lipinski definition) is 1. The van der Waals surface area contributed by atoms with E-state index in [1.807, 2.05) is 0 Å². The molecule has 2 aliphatic heterocycles. The van der Waals surface area contributed by atoms with Gasteiger partial charge in [-0.05, 0) is 44.2 Å². The monoisotopic (exact) mass is 491 g/mol. The number of benzene rings is 1. The van der Waals surface area contributed by atoms with Crippen molar-refractivity contribution >= 4 is 34.8 Å². The molecule has 8 nitrogen and oxygen atoms in total. The third kappa shape index (κ3) is 4.19. The van der Waals surface area contributed by atoms with Gasteiger partial charge in [0, 0.05) is 29.1 Å². The summed E-state index contributed by atoms with van der Waals surface area (Å²) in [5.41, 5.74) is 1.98. The van der Waals surface area contributed by atoms with Crippen LogP contribution < -0.4 is 15.1 Å². The van der Waals surface area contributed by atoms with Crippen LogP contribution in [-0.2, 0) is 9.59 Å². The van der Waals surface area contributed by atoms with Crippen LogP contribution in [0.4, 0.5) is 26.0 Å². The van der Waals surface area contributed by atoms with Gasteiger partial charge in [-0.25, -0.2) is 9.37 Å². The maximum Gasteiger partial charge on any atom is 0.244 e. The number of rotatable bonds is 5. The first-order valence-electron chi connectivity index (χ1n) is 11.5. The molecule has 1 fully saturated rings. The molecule has 4 heterocycles. The zero-order valence-electron chi connectivity index (χ0n) is 19.7. The normalized spacial score (nSPS) is 17.1. The number of Topliss-reactive ketones (excluding diaryl/α,β-unsaturated/α-hetero) is 1. The molecule has 2 amide bonds. The maximum absolute atomic E-state index is 15.5. The van der Waals surface area contributed by atoms with Crippen LogP contribution in [0.2, 0.25) is 0 Å². The fourth-order valence-electron chi connectivity index (χ4n) is 4.46. The molecule has 1 saturated heterocycles. The standard InChI is InChI=1S/C26H23F2N5O3/c1-14-24-19(4-3-9-29-24)23-20(10-21(31-25(23)28)32-11-17(27)12-32)33(26(14)36)13-22(35)30-18-7-5-16(6-8-18)15(2)34/h3-10,14,17H,11-13H2,1-2H3,(H,30,35)/t14-/m1/s1. The number of nitrogens with one attached hydrogen (secondary N) is 1. The number of hydrogen-bond acceptors (Lipinski definition) is 6. The van der Waals surface area contributed by atoms with Crippen molar-refractivity contribution in [2.75, 3.05) is 34.8 Å². The molecular formula is C26H23F2N5O3. The molecule has 10 heteroatoms. The number of halogens is 2. The summed E-state index contributed by atoms with van der Waals surface area (Å²) in [5, 5.41) is 2.71. The average Bonchev–Trinajstić information content (AvgIpc) is 2.92. The second kappa shape index (κ2) is 9.10. The van der Waals surface area contributed by atoms with Gasteiger partial charge in [0.25, 0.3) is 0 Å². The number of carbonyl (C=O) groups excluding carboxylic acids is 3. The predicted octanol–water partition coefficient (Wildman–Crippen LogP) is 3.73. The summed E-state index contributed by atoms with van der Waals surface area (Å²) in [7, 11) is 0. The van der Waals surface area contributed by atoms with Crippen molar-refractivity contribution in [1.29, 1.82) is 0 Å². The van der Waals surface area contributed by atoms with Crippen LogP contribution in [0.3, 0.4) is 0 Å². The third-order valence-corrected chi connectivity index (χ3v) is 6.42. The van der Waals surface area contributed by atoms with Gasteiger partial charge < -0.3 is 15.1 Å². The molecule has 184 valence electrons. The number of fused-ring (bicyclic) bond motifs is 3. The largest absolute Gasteiger partial charge is 0.350 e. The predicted molar refractivity (Wildman–Crippen MR) is 130 cm³/mol. The van der Waals surface area contributed by atoms with Crippen molar-refractivity contribution in [1.82, 2.24) is 9.97 Å². The van der Waals surface area contributed by atoms with Crippen LogP contribution in [-0.4, -0.2) is 53.4 Å². The van der Waals surface area contributed by atoms with E-state index in [9.17, 15) is 18.8 Å². The molecule has 5 rings (SSSR count). The zero-order valence-corrected chi connectivity index (χ0v) is 19.7. The van der Waals surface area contributed by atoms with Crippen molar-refractivity contribution in [3.63, 3.8) is 0 Å².